The fraction of sp³-hybridized carbons (Fsp3) is 0.652. The summed E-state index contributed by atoms with van der Waals surface area (Å²) in [4.78, 5) is 2.55. The van der Waals surface area contributed by atoms with Gasteiger partial charge in [0.15, 0.2) is 0 Å². The highest BCUT2D eigenvalue weighted by Gasteiger charge is 2.25. The van der Waals surface area contributed by atoms with Crippen LogP contribution in [0.1, 0.15) is 44.4 Å². The molecule has 5 heteroatoms. The van der Waals surface area contributed by atoms with Crippen LogP contribution in [0, 0.1) is 0 Å². The third kappa shape index (κ3) is 3.74. The SMILES string of the molecule is COc1cc(OC)c2c3c(n(CCCN4CC(C)OC(C)C4)c2c1)CCCC3. The van der Waals surface area contributed by atoms with Gasteiger partial charge in [0.2, 0.25) is 0 Å². The van der Waals surface area contributed by atoms with Gasteiger partial charge in [0, 0.05) is 49.4 Å². The monoisotopic (exact) mass is 386 g/mol. The van der Waals surface area contributed by atoms with Gasteiger partial charge in [0.05, 0.1) is 31.9 Å². The molecule has 1 fully saturated rings. The second-order valence-corrected chi connectivity index (χ2v) is 8.38. The molecule has 5 nitrogen and oxygen atoms in total. The van der Waals surface area contributed by atoms with Crippen molar-refractivity contribution in [3.05, 3.63) is 23.4 Å². The summed E-state index contributed by atoms with van der Waals surface area (Å²) in [5.74, 6) is 1.82. The smallest absolute Gasteiger partial charge is 0.132 e. The average molecular weight is 387 g/mol. The molecule has 2 unspecified atom stereocenters. The van der Waals surface area contributed by atoms with Crippen LogP contribution in [-0.2, 0) is 24.1 Å². The van der Waals surface area contributed by atoms with Crippen LogP contribution in [0.25, 0.3) is 10.9 Å². The Bertz CT molecular complexity index is 819. The van der Waals surface area contributed by atoms with E-state index in [4.69, 9.17) is 14.2 Å². The van der Waals surface area contributed by atoms with Crippen molar-refractivity contribution in [2.45, 2.75) is 64.7 Å². The third-order valence-electron chi connectivity index (χ3n) is 6.22. The molecule has 1 aromatic carbocycles. The first-order valence-electron chi connectivity index (χ1n) is 10.7. The number of benzene rings is 1. The van der Waals surface area contributed by atoms with Gasteiger partial charge in [0.1, 0.15) is 11.5 Å². The van der Waals surface area contributed by atoms with Gasteiger partial charge in [-0.05, 0) is 51.5 Å². The summed E-state index contributed by atoms with van der Waals surface area (Å²) in [6.45, 7) is 8.59. The van der Waals surface area contributed by atoms with Crippen LogP contribution >= 0.6 is 0 Å². The summed E-state index contributed by atoms with van der Waals surface area (Å²) in [5.41, 5.74) is 4.28. The van der Waals surface area contributed by atoms with Crippen molar-refractivity contribution in [3.63, 3.8) is 0 Å². The van der Waals surface area contributed by atoms with E-state index in [-0.39, 0.29) is 0 Å². The molecule has 1 aliphatic heterocycles. The first kappa shape index (κ1) is 19.6. The van der Waals surface area contributed by atoms with Gasteiger partial charge in [-0.3, -0.25) is 4.90 Å². The minimum absolute atomic E-state index is 0.331. The lowest BCUT2D eigenvalue weighted by Crippen LogP contribution is -2.45. The number of rotatable bonds is 6. The van der Waals surface area contributed by atoms with Gasteiger partial charge >= 0.3 is 0 Å². The third-order valence-corrected chi connectivity index (χ3v) is 6.22. The summed E-state index contributed by atoms with van der Waals surface area (Å²) >= 11 is 0. The molecule has 0 bridgehead atoms. The molecule has 28 heavy (non-hydrogen) atoms. The number of aromatic nitrogens is 1. The standard InChI is InChI=1S/C23H34N2O3/c1-16-14-24(15-17(2)28-16)10-7-11-25-20-9-6-5-8-19(20)23-21(25)12-18(26-3)13-22(23)27-4/h12-13,16-17H,5-11,14-15H2,1-4H3. The van der Waals surface area contributed by atoms with Crippen molar-refractivity contribution in [3.8, 4) is 11.5 Å². The zero-order chi connectivity index (χ0) is 19.7. The highest BCUT2D eigenvalue weighted by Crippen LogP contribution is 2.40. The van der Waals surface area contributed by atoms with E-state index >= 15 is 0 Å². The minimum atomic E-state index is 0.331. The normalized spacial score (nSPS) is 23.0. The van der Waals surface area contributed by atoms with Gasteiger partial charge in [-0.2, -0.15) is 0 Å². The van der Waals surface area contributed by atoms with Crippen molar-refractivity contribution in [1.29, 1.82) is 0 Å². The summed E-state index contributed by atoms with van der Waals surface area (Å²) in [6, 6.07) is 4.22. The molecule has 2 aromatic rings. The summed E-state index contributed by atoms with van der Waals surface area (Å²) in [7, 11) is 3.50. The molecule has 2 atom stereocenters. The Hall–Kier alpha value is -1.72. The summed E-state index contributed by atoms with van der Waals surface area (Å²) in [5, 5.41) is 1.30. The molecule has 154 valence electrons. The Morgan fingerprint density at radius 1 is 1.00 bits per heavy atom. The Kier molecular flexibility index (Phi) is 5.83. The number of hydrogen-bond donors (Lipinski definition) is 0. The van der Waals surface area contributed by atoms with E-state index in [1.807, 2.05) is 6.07 Å². The van der Waals surface area contributed by atoms with Crippen molar-refractivity contribution >= 4 is 10.9 Å². The molecule has 4 rings (SSSR count). The second kappa shape index (κ2) is 8.34. The first-order chi connectivity index (χ1) is 13.6. The van der Waals surface area contributed by atoms with Gasteiger partial charge in [-0.15, -0.1) is 0 Å². The minimum Gasteiger partial charge on any atom is -0.497 e. The van der Waals surface area contributed by atoms with Crippen LogP contribution in [-0.4, -0.2) is 55.5 Å². The van der Waals surface area contributed by atoms with E-state index in [0.29, 0.717) is 12.2 Å². The fourth-order valence-corrected chi connectivity index (χ4v) is 5.15. The van der Waals surface area contributed by atoms with Crippen molar-refractivity contribution in [1.82, 2.24) is 9.47 Å². The fourth-order valence-electron chi connectivity index (χ4n) is 5.15. The van der Waals surface area contributed by atoms with E-state index in [0.717, 1.165) is 50.5 Å². The van der Waals surface area contributed by atoms with Crippen LogP contribution in [0.3, 0.4) is 0 Å². The molecule has 1 aromatic heterocycles. The molecule has 0 N–H and O–H groups in total. The number of fused-ring (bicyclic) bond motifs is 3. The number of nitrogens with zero attached hydrogens (tertiary/aromatic N) is 2. The quantitative estimate of drug-likeness (QED) is 0.751. The van der Waals surface area contributed by atoms with Gasteiger partial charge in [-0.25, -0.2) is 0 Å². The van der Waals surface area contributed by atoms with E-state index in [2.05, 4.69) is 29.4 Å². The highest BCUT2D eigenvalue weighted by molar-refractivity contribution is 5.93. The molecule has 2 heterocycles. The van der Waals surface area contributed by atoms with E-state index in [1.165, 1.54) is 41.4 Å². The number of hydrogen-bond acceptors (Lipinski definition) is 4. The second-order valence-electron chi connectivity index (χ2n) is 8.38. The van der Waals surface area contributed by atoms with Crippen molar-refractivity contribution < 1.29 is 14.2 Å². The molecule has 2 aliphatic rings. The molecule has 1 saturated heterocycles. The highest BCUT2D eigenvalue weighted by atomic mass is 16.5. The summed E-state index contributed by atoms with van der Waals surface area (Å²) in [6.07, 6.45) is 6.68. The van der Waals surface area contributed by atoms with Crippen LogP contribution in [0.2, 0.25) is 0 Å². The lowest BCUT2D eigenvalue weighted by molar-refractivity contribution is -0.0682. The van der Waals surface area contributed by atoms with Gasteiger partial charge in [0.25, 0.3) is 0 Å². The number of ether oxygens (including phenoxy) is 3. The van der Waals surface area contributed by atoms with E-state index in [1.54, 1.807) is 14.2 Å². The Morgan fingerprint density at radius 2 is 1.75 bits per heavy atom. The van der Waals surface area contributed by atoms with Gasteiger partial charge in [-0.1, -0.05) is 0 Å². The Labute approximate surface area is 168 Å². The summed E-state index contributed by atoms with van der Waals surface area (Å²) < 4.78 is 19.7. The number of methoxy groups -OCH3 is 2. The molecular weight excluding hydrogens is 352 g/mol. The molecule has 0 amide bonds. The average Bonchev–Trinajstić information content (AvgIpc) is 3.00. The zero-order valence-electron chi connectivity index (χ0n) is 17.8. The molecular formula is C23H34N2O3. The van der Waals surface area contributed by atoms with Crippen LogP contribution < -0.4 is 9.47 Å². The first-order valence-corrected chi connectivity index (χ1v) is 10.7. The topological polar surface area (TPSA) is 35.9 Å². The predicted molar refractivity (Wildman–Crippen MR) is 113 cm³/mol. The van der Waals surface area contributed by atoms with Crippen LogP contribution in [0.4, 0.5) is 0 Å². The van der Waals surface area contributed by atoms with Crippen LogP contribution in [0.15, 0.2) is 12.1 Å². The Morgan fingerprint density at radius 3 is 2.46 bits per heavy atom. The van der Waals surface area contributed by atoms with Crippen molar-refractivity contribution in [2.75, 3.05) is 33.9 Å². The predicted octanol–water partition coefficient (Wildman–Crippen LogP) is 4.04. The lowest BCUT2D eigenvalue weighted by atomic mass is 9.95. The van der Waals surface area contributed by atoms with Gasteiger partial charge < -0.3 is 18.8 Å². The number of aryl methyl sites for hydroxylation is 2. The molecule has 0 radical (unpaired) electrons. The van der Waals surface area contributed by atoms with E-state index < -0.39 is 0 Å². The molecule has 1 aliphatic carbocycles. The van der Waals surface area contributed by atoms with Crippen LogP contribution in [0.5, 0.6) is 11.5 Å². The maximum absolute atomic E-state index is 5.88. The molecule has 0 saturated carbocycles. The van der Waals surface area contributed by atoms with E-state index in [9.17, 15) is 0 Å². The Balaban J connectivity index is 1.61. The lowest BCUT2D eigenvalue weighted by Gasteiger charge is -2.35. The maximum atomic E-state index is 5.88. The molecule has 0 spiro atoms. The number of morpholine rings is 1. The maximum Gasteiger partial charge on any atom is 0.132 e. The largest absolute Gasteiger partial charge is 0.497 e. The zero-order valence-corrected chi connectivity index (χ0v) is 17.8. The van der Waals surface area contributed by atoms with Crippen molar-refractivity contribution in [2.24, 2.45) is 0 Å².